The van der Waals surface area contributed by atoms with E-state index in [-0.39, 0.29) is 11.1 Å². The van der Waals surface area contributed by atoms with E-state index in [0.29, 0.717) is 0 Å². The van der Waals surface area contributed by atoms with Gasteiger partial charge >= 0.3 is 0 Å². The molecular formula is C14H12BrNOS. The van der Waals surface area contributed by atoms with Crippen molar-refractivity contribution >= 4 is 33.4 Å². The zero-order valence-corrected chi connectivity index (χ0v) is 12.2. The standard InChI is InChI=1S/C14H12BrNOS/c1-8-2-5-13-11(6-8)16-14(18-13)9-3-4-12(17)10(15)7-9/h2-7,14,16-17H,1H3. The summed E-state index contributed by atoms with van der Waals surface area (Å²) in [7, 11) is 0. The molecule has 1 atom stereocenters. The Labute approximate surface area is 119 Å². The van der Waals surface area contributed by atoms with Gasteiger partial charge in [-0.05, 0) is 58.2 Å². The molecule has 92 valence electrons. The van der Waals surface area contributed by atoms with E-state index in [1.807, 2.05) is 12.1 Å². The molecule has 0 aromatic heterocycles. The third kappa shape index (κ3) is 2.10. The van der Waals surface area contributed by atoms with Crippen molar-refractivity contribution in [2.24, 2.45) is 0 Å². The van der Waals surface area contributed by atoms with Gasteiger partial charge in [0.25, 0.3) is 0 Å². The molecule has 4 heteroatoms. The lowest BCUT2D eigenvalue weighted by Crippen LogP contribution is -2.00. The van der Waals surface area contributed by atoms with Gasteiger partial charge in [-0.25, -0.2) is 0 Å². The number of aryl methyl sites for hydroxylation is 1. The normalized spacial score (nSPS) is 17.3. The first-order chi connectivity index (χ1) is 8.63. The Bertz CT molecular complexity index is 615. The summed E-state index contributed by atoms with van der Waals surface area (Å²) in [4.78, 5) is 1.27. The fourth-order valence-electron chi connectivity index (χ4n) is 1.99. The number of fused-ring (bicyclic) bond motifs is 1. The molecule has 0 bridgehead atoms. The van der Waals surface area contributed by atoms with Gasteiger partial charge in [0, 0.05) is 10.6 Å². The minimum atomic E-state index is 0.207. The lowest BCUT2D eigenvalue weighted by Gasteiger charge is -2.11. The monoisotopic (exact) mass is 321 g/mol. The topological polar surface area (TPSA) is 32.3 Å². The Balaban J connectivity index is 1.91. The summed E-state index contributed by atoms with van der Waals surface area (Å²) >= 11 is 5.15. The van der Waals surface area contributed by atoms with Gasteiger partial charge in [-0.15, -0.1) is 0 Å². The van der Waals surface area contributed by atoms with E-state index in [0.717, 1.165) is 10.0 Å². The molecule has 0 spiro atoms. The van der Waals surface area contributed by atoms with Gasteiger partial charge in [-0.2, -0.15) is 0 Å². The van der Waals surface area contributed by atoms with Crippen LogP contribution in [0.5, 0.6) is 5.75 Å². The van der Waals surface area contributed by atoms with E-state index in [2.05, 4.69) is 46.4 Å². The number of phenolic OH excluding ortho intramolecular Hbond substituents is 1. The number of hydrogen-bond donors (Lipinski definition) is 2. The molecule has 0 fully saturated rings. The Morgan fingerprint density at radius 3 is 2.83 bits per heavy atom. The number of hydrogen-bond acceptors (Lipinski definition) is 3. The number of rotatable bonds is 1. The number of halogens is 1. The van der Waals surface area contributed by atoms with Crippen LogP contribution < -0.4 is 5.32 Å². The molecule has 2 N–H and O–H groups in total. The second-order valence-electron chi connectivity index (χ2n) is 4.35. The molecule has 2 aromatic rings. The molecule has 2 aromatic carbocycles. The van der Waals surface area contributed by atoms with Crippen LogP contribution in [0, 0.1) is 6.92 Å². The zero-order valence-electron chi connectivity index (χ0n) is 9.77. The average molecular weight is 322 g/mol. The van der Waals surface area contributed by atoms with Crippen molar-refractivity contribution in [2.45, 2.75) is 17.2 Å². The van der Waals surface area contributed by atoms with Crippen LogP contribution >= 0.6 is 27.7 Å². The fourth-order valence-corrected chi connectivity index (χ4v) is 3.51. The molecule has 0 aliphatic carbocycles. The second kappa shape index (κ2) is 4.52. The summed E-state index contributed by atoms with van der Waals surface area (Å²) in [5, 5.41) is 13.2. The maximum Gasteiger partial charge on any atom is 0.129 e. The van der Waals surface area contributed by atoms with E-state index in [4.69, 9.17) is 0 Å². The molecule has 0 radical (unpaired) electrons. The van der Waals surface area contributed by atoms with Gasteiger partial charge in [0.2, 0.25) is 0 Å². The summed E-state index contributed by atoms with van der Waals surface area (Å²) in [5.74, 6) is 0.273. The number of thioether (sulfide) groups is 1. The largest absolute Gasteiger partial charge is 0.507 e. The molecule has 1 aliphatic rings. The van der Waals surface area contributed by atoms with Crippen LogP contribution in [0.3, 0.4) is 0 Å². The van der Waals surface area contributed by atoms with Crippen molar-refractivity contribution in [1.29, 1.82) is 0 Å². The van der Waals surface area contributed by atoms with E-state index in [1.165, 1.54) is 16.1 Å². The number of nitrogens with one attached hydrogen (secondary N) is 1. The molecule has 18 heavy (non-hydrogen) atoms. The van der Waals surface area contributed by atoms with Gasteiger partial charge in [0.15, 0.2) is 0 Å². The summed E-state index contributed by atoms with van der Waals surface area (Å²) in [6.45, 7) is 2.09. The summed E-state index contributed by atoms with van der Waals surface area (Å²) < 4.78 is 0.731. The number of aromatic hydroxyl groups is 1. The molecule has 1 aliphatic heterocycles. The van der Waals surface area contributed by atoms with Gasteiger partial charge in [-0.3, -0.25) is 0 Å². The van der Waals surface area contributed by atoms with Crippen LogP contribution in [-0.4, -0.2) is 5.11 Å². The molecule has 0 saturated heterocycles. The summed E-state index contributed by atoms with van der Waals surface area (Å²) in [6, 6.07) is 12.1. The molecule has 0 saturated carbocycles. The highest BCUT2D eigenvalue weighted by atomic mass is 79.9. The van der Waals surface area contributed by atoms with Crippen LogP contribution in [-0.2, 0) is 0 Å². The minimum Gasteiger partial charge on any atom is -0.507 e. The van der Waals surface area contributed by atoms with Crippen molar-refractivity contribution < 1.29 is 5.11 Å². The third-order valence-electron chi connectivity index (χ3n) is 2.94. The van der Waals surface area contributed by atoms with Crippen LogP contribution in [0.1, 0.15) is 16.5 Å². The van der Waals surface area contributed by atoms with E-state index < -0.39 is 0 Å². The van der Waals surface area contributed by atoms with Gasteiger partial charge in [0.1, 0.15) is 11.1 Å². The quantitative estimate of drug-likeness (QED) is 0.799. The maximum atomic E-state index is 9.52. The molecule has 1 unspecified atom stereocenters. The van der Waals surface area contributed by atoms with E-state index in [9.17, 15) is 5.11 Å². The predicted molar refractivity (Wildman–Crippen MR) is 79.2 cm³/mol. The number of anilines is 1. The van der Waals surface area contributed by atoms with E-state index in [1.54, 1.807) is 17.8 Å². The first-order valence-corrected chi connectivity index (χ1v) is 7.33. The SMILES string of the molecule is Cc1ccc2c(c1)NC(c1ccc(O)c(Br)c1)S2. The minimum absolute atomic E-state index is 0.207. The van der Waals surface area contributed by atoms with Crippen LogP contribution in [0.25, 0.3) is 0 Å². The summed E-state index contributed by atoms with van der Waals surface area (Å²) in [6.07, 6.45) is 0. The summed E-state index contributed by atoms with van der Waals surface area (Å²) in [5.41, 5.74) is 3.60. The predicted octanol–water partition coefficient (Wildman–Crippen LogP) is 4.68. The maximum absolute atomic E-state index is 9.52. The van der Waals surface area contributed by atoms with Crippen molar-refractivity contribution in [3.05, 3.63) is 52.0 Å². The first-order valence-electron chi connectivity index (χ1n) is 5.66. The fraction of sp³-hybridized carbons (Fsp3) is 0.143. The lowest BCUT2D eigenvalue weighted by molar-refractivity contribution is 0.471. The van der Waals surface area contributed by atoms with Crippen LogP contribution in [0.15, 0.2) is 45.8 Å². The molecule has 1 heterocycles. The van der Waals surface area contributed by atoms with Gasteiger partial charge < -0.3 is 10.4 Å². The second-order valence-corrected chi connectivity index (χ2v) is 6.35. The highest BCUT2D eigenvalue weighted by molar-refractivity contribution is 9.10. The Morgan fingerprint density at radius 2 is 2.06 bits per heavy atom. The van der Waals surface area contributed by atoms with Crippen molar-refractivity contribution in [3.63, 3.8) is 0 Å². The zero-order chi connectivity index (χ0) is 12.7. The van der Waals surface area contributed by atoms with E-state index >= 15 is 0 Å². The Hall–Kier alpha value is -1.13. The van der Waals surface area contributed by atoms with Crippen molar-refractivity contribution in [2.75, 3.05) is 5.32 Å². The lowest BCUT2D eigenvalue weighted by atomic mass is 10.2. The van der Waals surface area contributed by atoms with Crippen LogP contribution in [0.2, 0.25) is 0 Å². The van der Waals surface area contributed by atoms with Gasteiger partial charge in [-0.1, -0.05) is 23.9 Å². The molecular weight excluding hydrogens is 310 g/mol. The average Bonchev–Trinajstić information content (AvgIpc) is 2.75. The van der Waals surface area contributed by atoms with Gasteiger partial charge in [0.05, 0.1) is 4.47 Å². The van der Waals surface area contributed by atoms with Crippen LogP contribution in [0.4, 0.5) is 5.69 Å². The number of benzene rings is 2. The smallest absolute Gasteiger partial charge is 0.129 e. The third-order valence-corrected chi connectivity index (χ3v) is 4.81. The van der Waals surface area contributed by atoms with Crippen molar-refractivity contribution in [1.82, 2.24) is 0 Å². The molecule has 0 amide bonds. The Morgan fingerprint density at radius 1 is 1.22 bits per heavy atom. The highest BCUT2D eigenvalue weighted by Crippen LogP contribution is 2.47. The molecule has 2 nitrogen and oxygen atoms in total. The highest BCUT2D eigenvalue weighted by Gasteiger charge is 2.23. The first kappa shape index (κ1) is 11.9. The van der Waals surface area contributed by atoms with Crippen molar-refractivity contribution in [3.8, 4) is 5.75 Å². The number of phenols is 1. The molecule has 3 rings (SSSR count). The Kier molecular flexibility index (Phi) is 2.99.